The molecule has 5 nitrogen and oxygen atoms in total. The second-order valence-corrected chi connectivity index (χ2v) is 4.35. The molecule has 2 aromatic rings. The predicted molar refractivity (Wildman–Crippen MR) is 71.7 cm³/mol. The van der Waals surface area contributed by atoms with Gasteiger partial charge in [0.25, 0.3) is 0 Å². The average Bonchev–Trinajstić information content (AvgIpc) is 2.37. The Morgan fingerprint density at radius 2 is 2.11 bits per heavy atom. The van der Waals surface area contributed by atoms with Gasteiger partial charge in [-0.1, -0.05) is 11.6 Å². The maximum absolute atomic E-state index is 5.80. The van der Waals surface area contributed by atoms with Gasteiger partial charge in [-0.05, 0) is 36.2 Å². The number of nitrogens with two attached hydrogens (primary N) is 2. The van der Waals surface area contributed by atoms with Gasteiger partial charge in [-0.2, -0.15) is 0 Å². The van der Waals surface area contributed by atoms with E-state index in [0.29, 0.717) is 17.3 Å². The molecule has 2 aromatic heterocycles. The van der Waals surface area contributed by atoms with Crippen LogP contribution < -0.4 is 17.0 Å². The third-order valence-corrected chi connectivity index (χ3v) is 2.82. The van der Waals surface area contributed by atoms with Crippen molar-refractivity contribution >= 4 is 17.4 Å². The zero-order valence-electron chi connectivity index (χ0n) is 9.68. The SMILES string of the molecule is NNC(Cc1ccnc(N)c1)c1ccc(Cl)cn1. The fourth-order valence-electron chi connectivity index (χ4n) is 1.70. The molecule has 0 saturated carbocycles. The second-order valence-electron chi connectivity index (χ2n) is 3.91. The first-order chi connectivity index (χ1) is 8.69. The van der Waals surface area contributed by atoms with Gasteiger partial charge in [0.2, 0.25) is 0 Å². The van der Waals surface area contributed by atoms with Gasteiger partial charge in [-0.3, -0.25) is 16.3 Å². The topological polar surface area (TPSA) is 89.8 Å². The third-order valence-electron chi connectivity index (χ3n) is 2.59. The van der Waals surface area contributed by atoms with Crippen molar-refractivity contribution in [2.75, 3.05) is 5.73 Å². The number of hydrogen-bond acceptors (Lipinski definition) is 5. The van der Waals surface area contributed by atoms with Crippen molar-refractivity contribution in [1.82, 2.24) is 15.4 Å². The monoisotopic (exact) mass is 263 g/mol. The van der Waals surface area contributed by atoms with Gasteiger partial charge >= 0.3 is 0 Å². The highest BCUT2D eigenvalue weighted by molar-refractivity contribution is 6.30. The Balaban J connectivity index is 2.17. The lowest BCUT2D eigenvalue weighted by atomic mass is 10.0. The molecule has 5 N–H and O–H groups in total. The molecule has 0 bridgehead atoms. The standard InChI is InChI=1S/C12H14ClN5/c13-9-1-2-10(17-7-9)11(18-15)5-8-3-4-16-12(14)6-8/h1-4,6-7,11,18H,5,15H2,(H2,14,16). The summed E-state index contributed by atoms with van der Waals surface area (Å²) in [6.45, 7) is 0. The number of aromatic nitrogens is 2. The van der Waals surface area contributed by atoms with Crippen molar-refractivity contribution in [3.8, 4) is 0 Å². The van der Waals surface area contributed by atoms with Crippen molar-refractivity contribution in [2.24, 2.45) is 5.84 Å². The zero-order chi connectivity index (χ0) is 13.0. The lowest BCUT2D eigenvalue weighted by Crippen LogP contribution is -2.30. The van der Waals surface area contributed by atoms with Crippen LogP contribution in [0.1, 0.15) is 17.3 Å². The highest BCUT2D eigenvalue weighted by Gasteiger charge is 2.12. The van der Waals surface area contributed by atoms with E-state index in [1.54, 1.807) is 18.5 Å². The number of hydrogen-bond donors (Lipinski definition) is 3. The van der Waals surface area contributed by atoms with Gasteiger partial charge < -0.3 is 5.73 Å². The molecular formula is C12H14ClN5. The number of nitrogens with zero attached hydrogens (tertiary/aromatic N) is 2. The summed E-state index contributed by atoms with van der Waals surface area (Å²) < 4.78 is 0. The van der Waals surface area contributed by atoms with Gasteiger partial charge in [-0.25, -0.2) is 4.98 Å². The van der Waals surface area contributed by atoms with Gasteiger partial charge in [0.1, 0.15) is 5.82 Å². The van der Waals surface area contributed by atoms with Gasteiger partial charge in [0, 0.05) is 12.4 Å². The predicted octanol–water partition coefficient (Wildman–Crippen LogP) is 1.46. The van der Waals surface area contributed by atoms with Gasteiger partial charge in [-0.15, -0.1) is 0 Å². The van der Waals surface area contributed by atoms with Crippen LogP contribution in [0.3, 0.4) is 0 Å². The number of hydrazine groups is 1. The highest BCUT2D eigenvalue weighted by atomic mass is 35.5. The normalized spacial score (nSPS) is 12.3. The molecule has 0 aromatic carbocycles. The molecule has 0 spiro atoms. The van der Waals surface area contributed by atoms with Crippen LogP contribution in [-0.4, -0.2) is 9.97 Å². The fourth-order valence-corrected chi connectivity index (χ4v) is 1.81. The summed E-state index contributed by atoms with van der Waals surface area (Å²) in [4.78, 5) is 8.20. The summed E-state index contributed by atoms with van der Waals surface area (Å²) in [6.07, 6.45) is 3.95. The summed E-state index contributed by atoms with van der Waals surface area (Å²) in [5, 5.41) is 0.600. The van der Waals surface area contributed by atoms with Crippen molar-refractivity contribution in [2.45, 2.75) is 12.5 Å². The van der Waals surface area contributed by atoms with Crippen LogP contribution in [0, 0.1) is 0 Å². The molecule has 2 heterocycles. The van der Waals surface area contributed by atoms with E-state index in [4.69, 9.17) is 23.2 Å². The van der Waals surface area contributed by atoms with Crippen LogP contribution in [0.4, 0.5) is 5.82 Å². The molecule has 6 heteroatoms. The summed E-state index contributed by atoms with van der Waals surface area (Å²) >= 11 is 5.80. The van der Waals surface area contributed by atoms with Crippen LogP contribution in [-0.2, 0) is 6.42 Å². The molecule has 1 unspecified atom stereocenters. The Morgan fingerprint density at radius 3 is 2.72 bits per heavy atom. The van der Waals surface area contributed by atoms with Gasteiger partial charge in [0.05, 0.1) is 16.8 Å². The van der Waals surface area contributed by atoms with Crippen LogP contribution in [0.5, 0.6) is 0 Å². The van der Waals surface area contributed by atoms with Crippen molar-refractivity contribution in [3.63, 3.8) is 0 Å². The maximum atomic E-state index is 5.80. The number of rotatable bonds is 4. The summed E-state index contributed by atoms with van der Waals surface area (Å²) in [5.74, 6) is 6.05. The Labute approximate surface area is 110 Å². The minimum absolute atomic E-state index is 0.0935. The minimum atomic E-state index is -0.0935. The first-order valence-electron chi connectivity index (χ1n) is 5.47. The Morgan fingerprint density at radius 1 is 1.28 bits per heavy atom. The molecular weight excluding hydrogens is 250 g/mol. The number of pyridine rings is 2. The molecule has 0 aliphatic heterocycles. The molecule has 1 atom stereocenters. The number of nitrogens with one attached hydrogen (secondary N) is 1. The number of anilines is 1. The summed E-state index contributed by atoms with van der Waals surface area (Å²) in [6, 6.07) is 7.26. The van der Waals surface area contributed by atoms with Crippen molar-refractivity contribution < 1.29 is 0 Å². The van der Waals surface area contributed by atoms with Crippen molar-refractivity contribution in [3.05, 3.63) is 52.9 Å². The molecule has 94 valence electrons. The average molecular weight is 264 g/mol. The number of nitrogen functional groups attached to an aromatic ring is 1. The lowest BCUT2D eigenvalue weighted by molar-refractivity contribution is 0.538. The van der Waals surface area contributed by atoms with E-state index in [1.807, 2.05) is 18.2 Å². The highest BCUT2D eigenvalue weighted by Crippen LogP contribution is 2.18. The van der Waals surface area contributed by atoms with E-state index >= 15 is 0 Å². The molecule has 0 aliphatic carbocycles. The lowest BCUT2D eigenvalue weighted by Gasteiger charge is -2.15. The van der Waals surface area contributed by atoms with E-state index in [0.717, 1.165) is 11.3 Å². The van der Waals surface area contributed by atoms with Crippen LogP contribution in [0.15, 0.2) is 36.7 Å². The van der Waals surface area contributed by atoms with Crippen LogP contribution >= 0.6 is 11.6 Å². The largest absolute Gasteiger partial charge is 0.384 e. The Kier molecular flexibility index (Phi) is 4.09. The van der Waals surface area contributed by atoms with Crippen LogP contribution in [0.2, 0.25) is 5.02 Å². The van der Waals surface area contributed by atoms with E-state index < -0.39 is 0 Å². The maximum Gasteiger partial charge on any atom is 0.123 e. The van der Waals surface area contributed by atoms with Crippen molar-refractivity contribution in [1.29, 1.82) is 0 Å². The molecule has 0 saturated heterocycles. The smallest absolute Gasteiger partial charge is 0.123 e. The Bertz CT molecular complexity index is 514. The number of halogens is 1. The molecule has 0 amide bonds. The van der Waals surface area contributed by atoms with Crippen LogP contribution in [0.25, 0.3) is 0 Å². The third kappa shape index (κ3) is 3.16. The molecule has 18 heavy (non-hydrogen) atoms. The quantitative estimate of drug-likeness (QED) is 0.574. The zero-order valence-corrected chi connectivity index (χ0v) is 10.4. The van der Waals surface area contributed by atoms with Gasteiger partial charge in [0.15, 0.2) is 0 Å². The first kappa shape index (κ1) is 12.8. The molecule has 0 aliphatic rings. The second kappa shape index (κ2) is 5.77. The molecule has 0 radical (unpaired) electrons. The Hall–Kier alpha value is -1.69. The fraction of sp³-hybridized carbons (Fsp3) is 0.167. The first-order valence-corrected chi connectivity index (χ1v) is 5.85. The van der Waals surface area contributed by atoms with E-state index in [2.05, 4.69) is 15.4 Å². The van der Waals surface area contributed by atoms with E-state index in [-0.39, 0.29) is 6.04 Å². The van der Waals surface area contributed by atoms with E-state index in [1.165, 1.54) is 0 Å². The van der Waals surface area contributed by atoms with E-state index in [9.17, 15) is 0 Å². The molecule has 0 fully saturated rings. The minimum Gasteiger partial charge on any atom is -0.384 e. The molecule has 2 rings (SSSR count). The summed E-state index contributed by atoms with van der Waals surface area (Å²) in [7, 11) is 0. The summed E-state index contributed by atoms with van der Waals surface area (Å²) in [5.41, 5.74) is 10.3.